The average Bonchev–Trinajstić information content (AvgIpc) is 3.47. The van der Waals surface area contributed by atoms with Crippen molar-refractivity contribution in [3.63, 3.8) is 0 Å². The van der Waals surface area contributed by atoms with Crippen molar-refractivity contribution in [3.8, 4) is 11.8 Å². The second kappa shape index (κ2) is 10.7. The van der Waals surface area contributed by atoms with Crippen LogP contribution in [0.5, 0.6) is 5.75 Å². The first-order valence-electron chi connectivity index (χ1n) is 11.7. The van der Waals surface area contributed by atoms with Gasteiger partial charge in [-0.15, -0.1) is 0 Å². The van der Waals surface area contributed by atoms with Gasteiger partial charge in [-0.25, -0.2) is 0 Å². The lowest BCUT2D eigenvalue weighted by molar-refractivity contribution is -0.122. The molecule has 0 radical (unpaired) electrons. The van der Waals surface area contributed by atoms with Gasteiger partial charge in [-0.3, -0.25) is 19.1 Å². The first-order chi connectivity index (χ1) is 16.9. The number of rotatable bonds is 7. The highest BCUT2D eigenvalue weighted by atomic mass is 32.2. The predicted molar refractivity (Wildman–Crippen MR) is 144 cm³/mol. The standard InChI is InChI=1S/C26H28N4O3S2/c1-4-11-29-23(28-12-5-6-13-28)20(17(2)21(15-27)24(29)31)14-22-25(32)30(26(34)35-22)16-18-7-9-19(33-3)10-8-18/h7-10,14H,4-6,11-13,16H2,1-3H3/b22-14-. The third-order valence-electron chi connectivity index (χ3n) is 6.35. The van der Waals surface area contributed by atoms with E-state index in [0.29, 0.717) is 27.9 Å². The van der Waals surface area contributed by atoms with Crippen LogP contribution in [-0.2, 0) is 17.9 Å². The highest BCUT2D eigenvalue weighted by Crippen LogP contribution is 2.37. The number of ether oxygens (including phenoxy) is 1. The van der Waals surface area contributed by atoms with Crippen LogP contribution in [0.15, 0.2) is 34.0 Å². The van der Waals surface area contributed by atoms with Crippen LogP contribution in [0.25, 0.3) is 6.08 Å². The van der Waals surface area contributed by atoms with E-state index in [1.165, 1.54) is 11.8 Å². The molecule has 0 saturated carbocycles. The van der Waals surface area contributed by atoms with Crippen LogP contribution in [0.2, 0.25) is 0 Å². The Morgan fingerprint density at radius 2 is 1.89 bits per heavy atom. The topological polar surface area (TPSA) is 78.6 Å². The third-order valence-corrected chi connectivity index (χ3v) is 7.73. The van der Waals surface area contributed by atoms with E-state index in [9.17, 15) is 14.9 Å². The quantitative estimate of drug-likeness (QED) is 0.404. The number of carbonyl (C=O) groups excluding carboxylic acids is 1. The number of hydrogen-bond donors (Lipinski definition) is 0. The Balaban J connectivity index is 1.77. The number of thioether (sulfide) groups is 1. The van der Waals surface area contributed by atoms with Crippen LogP contribution < -0.4 is 15.2 Å². The van der Waals surface area contributed by atoms with Crippen LogP contribution in [0.4, 0.5) is 5.82 Å². The minimum absolute atomic E-state index is 0.126. The maximum atomic E-state index is 13.4. The summed E-state index contributed by atoms with van der Waals surface area (Å²) in [5.41, 5.74) is 2.16. The molecule has 0 spiro atoms. The Morgan fingerprint density at radius 3 is 2.49 bits per heavy atom. The summed E-state index contributed by atoms with van der Waals surface area (Å²) in [5, 5.41) is 9.76. The minimum Gasteiger partial charge on any atom is -0.497 e. The van der Waals surface area contributed by atoms with Gasteiger partial charge in [0.1, 0.15) is 27.5 Å². The monoisotopic (exact) mass is 508 g/mol. The van der Waals surface area contributed by atoms with E-state index in [2.05, 4.69) is 11.0 Å². The SMILES string of the molecule is CCCn1c(N2CCCC2)c(/C=C2\SC(=S)N(Cc3ccc(OC)cc3)C2=O)c(C)c(C#N)c1=O. The van der Waals surface area contributed by atoms with Crippen molar-refractivity contribution in [1.29, 1.82) is 5.26 Å². The van der Waals surface area contributed by atoms with E-state index in [1.54, 1.807) is 23.5 Å². The van der Waals surface area contributed by atoms with Crippen molar-refractivity contribution in [3.05, 3.63) is 61.8 Å². The molecular weight excluding hydrogens is 480 g/mol. The Labute approximate surface area is 215 Å². The van der Waals surface area contributed by atoms with Crippen LogP contribution in [0.1, 0.15) is 48.4 Å². The molecular formula is C26H28N4O3S2. The normalized spacial score (nSPS) is 16.9. The van der Waals surface area contributed by atoms with Gasteiger partial charge in [0.25, 0.3) is 11.5 Å². The molecule has 1 aromatic carbocycles. The van der Waals surface area contributed by atoms with Gasteiger partial charge in [-0.2, -0.15) is 5.26 Å². The number of pyridine rings is 1. The molecule has 1 amide bonds. The van der Waals surface area contributed by atoms with Gasteiger partial charge < -0.3 is 9.64 Å². The molecule has 35 heavy (non-hydrogen) atoms. The molecule has 0 bridgehead atoms. The molecule has 2 aliphatic heterocycles. The fourth-order valence-electron chi connectivity index (χ4n) is 4.53. The molecule has 0 atom stereocenters. The van der Waals surface area contributed by atoms with E-state index in [0.717, 1.165) is 55.0 Å². The number of amides is 1. The molecule has 182 valence electrons. The molecule has 9 heteroatoms. The van der Waals surface area contributed by atoms with E-state index < -0.39 is 0 Å². The van der Waals surface area contributed by atoms with Crippen LogP contribution in [0.3, 0.4) is 0 Å². The molecule has 2 fully saturated rings. The fraction of sp³-hybridized carbons (Fsp3) is 0.385. The van der Waals surface area contributed by atoms with Crippen molar-refractivity contribution in [2.75, 3.05) is 25.1 Å². The van der Waals surface area contributed by atoms with Crippen molar-refractivity contribution < 1.29 is 9.53 Å². The molecule has 1 aromatic heterocycles. The summed E-state index contributed by atoms with van der Waals surface area (Å²) >= 11 is 6.81. The Hall–Kier alpha value is -3.09. The first kappa shape index (κ1) is 25.0. The highest BCUT2D eigenvalue weighted by molar-refractivity contribution is 8.26. The number of nitrogens with zero attached hydrogens (tertiary/aromatic N) is 4. The number of hydrogen-bond acceptors (Lipinski definition) is 7. The molecule has 4 rings (SSSR count). The minimum atomic E-state index is -0.266. The second-order valence-corrected chi connectivity index (χ2v) is 10.3. The summed E-state index contributed by atoms with van der Waals surface area (Å²) in [5.74, 6) is 1.38. The lowest BCUT2D eigenvalue weighted by Gasteiger charge is -2.26. The summed E-state index contributed by atoms with van der Waals surface area (Å²) in [6, 6.07) is 9.64. The van der Waals surface area contributed by atoms with E-state index in [4.69, 9.17) is 17.0 Å². The fourth-order valence-corrected chi connectivity index (χ4v) is 5.76. The van der Waals surface area contributed by atoms with Gasteiger partial charge in [-0.1, -0.05) is 43.0 Å². The van der Waals surface area contributed by atoms with E-state index in [1.807, 2.05) is 37.3 Å². The van der Waals surface area contributed by atoms with Crippen LogP contribution >= 0.6 is 24.0 Å². The zero-order valence-corrected chi connectivity index (χ0v) is 21.8. The third kappa shape index (κ3) is 4.86. The van der Waals surface area contributed by atoms with Crippen molar-refractivity contribution in [1.82, 2.24) is 9.47 Å². The van der Waals surface area contributed by atoms with Gasteiger partial charge in [0.2, 0.25) is 0 Å². The summed E-state index contributed by atoms with van der Waals surface area (Å²) < 4.78 is 7.41. The van der Waals surface area contributed by atoms with Crippen molar-refractivity contribution >= 4 is 46.1 Å². The average molecular weight is 509 g/mol. The van der Waals surface area contributed by atoms with Gasteiger partial charge in [0.05, 0.1) is 18.6 Å². The molecule has 0 unspecified atom stereocenters. The molecule has 2 saturated heterocycles. The zero-order valence-electron chi connectivity index (χ0n) is 20.2. The molecule has 0 N–H and O–H groups in total. The smallest absolute Gasteiger partial charge is 0.270 e. The lowest BCUT2D eigenvalue weighted by Crippen LogP contribution is -2.33. The van der Waals surface area contributed by atoms with Gasteiger partial charge >= 0.3 is 0 Å². The lowest BCUT2D eigenvalue weighted by atomic mass is 10.0. The van der Waals surface area contributed by atoms with E-state index >= 15 is 0 Å². The number of nitriles is 1. The number of thiocarbonyl (C=S) groups is 1. The van der Waals surface area contributed by atoms with Crippen LogP contribution in [-0.4, -0.2) is 39.9 Å². The van der Waals surface area contributed by atoms with Crippen molar-refractivity contribution in [2.45, 2.75) is 46.2 Å². The zero-order chi connectivity index (χ0) is 25.1. The summed E-state index contributed by atoms with van der Waals surface area (Å²) in [6.45, 7) is 6.36. The number of anilines is 1. The summed E-state index contributed by atoms with van der Waals surface area (Å²) in [7, 11) is 1.61. The van der Waals surface area contributed by atoms with Gasteiger partial charge in [-0.05, 0) is 55.5 Å². The van der Waals surface area contributed by atoms with Crippen LogP contribution in [0, 0.1) is 18.3 Å². The largest absolute Gasteiger partial charge is 0.497 e. The molecule has 2 aliphatic rings. The van der Waals surface area contributed by atoms with Gasteiger partial charge in [0.15, 0.2) is 0 Å². The molecule has 0 aliphatic carbocycles. The number of methoxy groups -OCH3 is 1. The maximum absolute atomic E-state index is 13.4. The number of carbonyl (C=O) groups is 1. The summed E-state index contributed by atoms with van der Waals surface area (Å²) in [6.07, 6.45) is 4.67. The Bertz CT molecular complexity index is 1290. The molecule has 3 heterocycles. The Morgan fingerprint density at radius 1 is 1.20 bits per heavy atom. The number of aromatic nitrogens is 1. The molecule has 7 nitrogen and oxygen atoms in total. The first-order valence-corrected chi connectivity index (χ1v) is 12.9. The molecule has 2 aromatic rings. The summed E-state index contributed by atoms with van der Waals surface area (Å²) in [4.78, 5) is 30.9. The predicted octanol–water partition coefficient (Wildman–Crippen LogP) is 4.45. The highest BCUT2D eigenvalue weighted by Gasteiger charge is 2.33. The Kier molecular flexibility index (Phi) is 7.63. The second-order valence-electron chi connectivity index (χ2n) is 8.62. The maximum Gasteiger partial charge on any atom is 0.270 e. The van der Waals surface area contributed by atoms with Gasteiger partial charge in [0, 0.05) is 25.2 Å². The number of benzene rings is 1. The van der Waals surface area contributed by atoms with E-state index in [-0.39, 0.29) is 17.0 Å². The van der Waals surface area contributed by atoms with Crippen molar-refractivity contribution in [2.24, 2.45) is 0 Å².